The Hall–Kier alpha value is -4.78. The van der Waals surface area contributed by atoms with Crippen molar-refractivity contribution in [3.8, 4) is 23.0 Å². The largest absolute Gasteiger partial charge is 2.00 e. The molecule has 4 aromatic rings. The van der Waals surface area contributed by atoms with Crippen LogP contribution in [0.5, 0.6) is 23.0 Å². The average Bonchev–Trinajstić information content (AvgIpc) is 3.10. The first-order valence-electron chi connectivity index (χ1n) is 16.4. The summed E-state index contributed by atoms with van der Waals surface area (Å²) < 4.78 is 0. The number of hydrogen-bond donors (Lipinski definition) is 0. The number of unbranched alkanes of at least 4 members (excludes halogenated alkanes) is 2. The van der Waals surface area contributed by atoms with E-state index in [1.165, 1.54) is 24.3 Å². The molecule has 0 unspecified atom stereocenters. The first kappa shape index (κ1) is 54.6. The summed E-state index contributed by atoms with van der Waals surface area (Å²) in [5.74, 6) is -2.20. The van der Waals surface area contributed by atoms with Crippen molar-refractivity contribution in [1.29, 1.82) is 0 Å². The fraction of sp³-hybridized carbons (Fsp3) is 0.250. The monoisotopic (exact) mass is 883 g/mol. The van der Waals surface area contributed by atoms with E-state index < -0.39 is 11.9 Å². The third-order valence-corrected chi connectivity index (χ3v) is 6.25. The molecule has 0 N–H and O–H groups in total. The van der Waals surface area contributed by atoms with E-state index in [0.29, 0.717) is 48.4 Å². The molecule has 0 saturated carbocycles. The predicted octanol–water partition coefficient (Wildman–Crippen LogP) is 1.81. The quantitative estimate of drug-likeness (QED) is 0.134. The molecule has 0 atom stereocenters. The zero-order valence-electron chi connectivity index (χ0n) is 30.3. The van der Waals surface area contributed by atoms with E-state index in [2.05, 4.69) is 20.0 Å². The number of para-hydroxylation sites is 4. The molecule has 4 aromatic carbocycles. The van der Waals surface area contributed by atoms with Crippen molar-refractivity contribution in [3.63, 3.8) is 0 Å². The molecular formula is C40H42Co3N4O8. The van der Waals surface area contributed by atoms with Crippen LogP contribution >= 0.6 is 0 Å². The van der Waals surface area contributed by atoms with Crippen molar-refractivity contribution in [2.75, 3.05) is 26.2 Å². The summed E-state index contributed by atoms with van der Waals surface area (Å²) in [4.78, 5) is 34.8. The van der Waals surface area contributed by atoms with Crippen molar-refractivity contribution in [3.05, 3.63) is 119 Å². The fourth-order valence-corrected chi connectivity index (χ4v) is 3.81. The van der Waals surface area contributed by atoms with Crippen molar-refractivity contribution in [2.24, 2.45) is 20.0 Å². The van der Waals surface area contributed by atoms with Gasteiger partial charge in [-0.3, -0.25) is 20.0 Å². The maximum Gasteiger partial charge on any atom is 2.00 e. The third kappa shape index (κ3) is 29.3. The number of benzene rings is 4. The molecule has 0 aromatic heterocycles. The summed E-state index contributed by atoms with van der Waals surface area (Å²) in [6.45, 7) is 4.62. The van der Waals surface area contributed by atoms with Crippen LogP contribution in [0.25, 0.3) is 0 Å². The molecule has 0 aliphatic carbocycles. The fourth-order valence-electron chi connectivity index (χ4n) is 3.81. The van der Waals surface area contributed by atoms with Gasteiger partial charge in [0.2, 0.25) is 0 Å². The van der Waals surface area contributed by atoms with Gasteiger partial charge in [0.1, 0.15) is 0 Å². The van der Waals surface area contributed by atoms with Gasteiger partial charge in [-0.1, -0.05) is 97.1 Å². The zero-order valence-corrected chi connectivity index (χ0v) is 33.4. The molecule has 15 heteroatoms. The van der Waals surface area contributed by atoms with Gasteiger partial charge in [0.25, 0.3) is 0 Å². The van der Waals surface area contributed by atoms with Gasteiger partial charge in [0, 0.05) is 63.0 Å². The van der Waals surface area contributed by atoms with Gasteiger partial charge in [-0.15, -0.1) is 23.0 Å². The number of carbonyl (C=O) groups excluding carboxylic acids is 2. The molecule has 297 valence electrons. The molecule has 0 fully saturated rings. The van der Waals surface area contributed by atoms with Crippen LogP contribution < -0.4 is 30.6 Å². The van der Waals surface area contributed by atoms with Crippen molar-refractivity contribution in [1.82, 2.24) is 0 Å². The van der Waals surface area contributed by atoms with Gasteiger partial charge in [-0.25, -0.2) is 0 Å². The van der Waals surface area contributed by atoms with Crippen LogP contribution in [0.3, 0.4) is 0 Å². The number of hydrogen-bond acceptors (Lipinski definition) is 12. The molecule has 0 amide bonds. The maximum absolute atomic E-state index is 11.5. The number of carboxylic acids is 2. The van der Waals surface area contributed by atoms with E-state index in [0.717, 1.165) is 39.5 Å². The van der Waals surface area contributed by atoms with Crippen LogP contribution in [0.4, 0.5) is 0 Å². The summed E-state index contributed by atoms with van der Waals surface area (Å²) in [6, 6.07) is 27.3. The topological polar surface area (TPSA) is 222 Å². The van der Waals surface area contributed by atoms with E-state index in [9.17, 15) is 20.4 Å². The van der Waals surface area contributed by atoms with E-state index in [1.807, 2.05) is 24.3 Å². The van der Waals surface area contributed by atoms with Crippen molar-refractivity contribution < 1.29 is 90.6 Å². The molecule has 12 nitrogen and oxygen atoms in total. The van der Waals surface area contributed by atoms with E-state index in [1.54, 1.807) is 73.4 Å². The van der Waals surface area contributed by atoms with Crippen LogP contribution in [0, 0.1) is 0 Å². The van der Waals surface area contributed by atoms with Crippen molar-refractivity contribution >= 4 is 36.8 Å². The van der Waals surface area contributed by atoms with Crippen LogP contribution in [0.2, 0.25) is 0 Å². The van der Waals surface area contributed by atoms with Crippen molar-refractivity contribution in [2.45, 2.75) is 39.5 Å². The molecule has 0 bridgehead atoms. The minimum atomic E-state index is -1.08. The smallest absolute Gasteiger partial charge is 0.872 e. The normalized spacial score (nSPS) is 10.1. The number of aliphatic imine (C=N–C) groups is 4. The molecular weight excluding hydrogens is 841 g/mol. The Labute approximate surface area is 353 Å². The SMILES string of the molecule is CC(=O)[O-].CC(=O)[O-].[Co+2].[Co+2].[Co+2].[O-]c1ccccc1C=NCCCCN=Cc1ccccc1[O-].[O-]c1ccccc1C=NCCCCN=Cc1ccccc1[O-]. The average molecular weight is 884 g/mol. The Morgan fingerprint density at radius 3 is 0.745 bits per heavy atom. The Kier molecular flexibility index (Phi) is 34.7. The molecule has 0 saturated heterocycles. The summed E-state index contributed by atoms with van der Waals surface area (Å²) >= 11 is 0. The van der Waals surface area contributed by atoms with Crippen LogP contribution in [0.15, 0.2) is 117 Å². The molecule has 55 heavy (non-hydrogen) atoms. The predicted molar refractivity (Wildman–Crippen MR) is 193 cm³/mol. The molecule has 0 spiro atoms. The molecule has 3 radical (unpaired) electrons. The van der Waals surface area contributed by atoms with Gasteiger partial charge in [-0.05, 0) is 61.8 Å². The van der Waals surface area contributed by atoms with Gasteiger partial charge in [0.05, 0.1) is 0 Å². The minimum absolute atomic E-state index is 0. The number of carboxylic acid groups (broad SMARTS) is 2. The second kappa shape index (κ2) is 35.0. The van der Waals surface area contributed by atoms with E-state index >= 15 is 0 Å². The molecule has 0 heterocycles. The summed E-state index contributed by atoms with van der Waals surface area (Å²) in [5, 5.41) is 63.6. The van der Waals surface area contributed by atoms with E-state index in [4.69, 9.17) is 19.8 Å². The number of aliphatic carboxylic acids is 2. The first-order valence-corrected chi connectivity index (χ1v) is 16.4. The zero-order chi connectivity index (χ0) is 38.4. The number of nitrogens with zero attached hydrogens (tertiary/aromatic N) is 4. The van der Waals surface area contributed by atoms with Gasteiger partial charge in [0.15, 0.2) is 0 Å². The Balaban J connectivity index is -0.000000786. The van der Waals surface area contributed by atoms with Gasteiger partial charge in [-0.2, -0.15) is 0 Å². The Morgan fingerprint density at radius 2 is 0.582 bits per heavy atom. The Morgan fingerprint density at radius 1 is 0.418 bits per heavy atom. The van der Waals surface area contributed by atoms with Gasteiger partial charge < -0.3 is 40.2 Å². The van der Waals surface area contributed by atoms with Crippen LogP contribution in [0.1, 0.15) is 61.8 Å². The number of rotatable bonds is 14. The minimum Gasteiger partial charge on any atom is -0.872 e. The molecule has 4 rings (SSSR count). The van der Waals surface area contributed by atoms with Crippen LogP contribution in [-0.4, -0.2) is 63.0 Å². The third-order valence-electron chi connectivity index (χ3n) is 6.25. The first-order chi connectivity index (χ1) is 25.0. The second-order valence-corrected chi connectivity index (χ2v) is 10.7. The Bertz CT molecular complexity index is 1500. The van der Waals surface area contributed by atoms with E-state index in [-0.39, 0.29) is 73.3 Å². The summed E-state index contributed by atoms with van der Waals surface area (Å²) in [7, 11) is 0. The standard InChI is InChI=1S/2C18H20N2O2.2C2H4O2.3Co/c2*21-17-9-3-1-7-15(17)13-19-11-5-6-12-20-14-16-8-2-4-10-18(16)22;2*1-2(3)4;;;/h2*1-4,7-10,13-14,21-22H,5-6,11-12H2;2*1H3,(H,3,4);;;/q;;;;3*+2/p-6. The maximum atomic E-state index is 11.5. The number of carbonyl (C=O) groups is 2. The molecule has 0 aliphatic rings. The summed E-state index contributed by atoms with van der Waals surface area (Å²) in [5.41, 5.74) is 2.47. The molecule has 0 aliphatic heterocycles. The summed E-state index contributed by atoms with van der Waals surface area (Å²) in [6.07, 6.45) is 10.1. The second-order valence-electron chi connectivity index (χ2n) is 10.7. The van der Waals surface area contributed by atoms with Gasteiger partial charge >= 0.3 is 50.3 Å². The van der Waals surface area contributed by atoms with Crippen LogP contribution in [-0.2, 0) is 59.9 Å².